The first-order valence-electron chi connectivity index (χ1n) is 8.22. The van der Waals surface area contributed by atoms with Crippen molar-refractivity contribution < 1.29 is 0 Å². The van der Waals surface area contributed by atoms with Crippen LogP contribution in [0.25, 0.3) is 0 Å². The molecular formula is C17H27BrN2S. The molecule has 4 heteroatoms. The van der Waals surface area contributed by atoms with Crippen molar-refractivity contribution >= 4 is 27.3 Å². The summed E-state index contributed by atoms with van der Waals surface area (Å²) in [7, 11) is 0. The minimum atomic E-state index is 0.321. The molecule has 3 rings (SSSR count). The van der Waals surface area contributed by atoms with Gasteiger partial charge in [0.05, 0.1) is 3.79 Å². The number of hydrogen-bond acceptors (Lipinski definition) is 3. The molecule has 0 aromatic carbocycles. The lowest BCUT2D eigenvalue weighted by Crippen LogP contribution is -2.50. The van der Waals surface area contributed by atoms with E-state index in [0.717, 1.165) is 0 Å². The second-order valence-corrected chi connectivity index (χ2v) is 9.99. The zero-order valence-corrected chi connectivity index (χ0v) is 15.8. The Balaban J connectivity index is 1.59. The van der Waals surface area contributed by atoms with Crippen LogP contribution in [0, 0.1) is 0 Å². The van der Waals surface area contributed by atoms with E-state index in [1.54, 1.807) is 10.4 Å². The van der Waals surface area contributed by atoms with Crippen LogP contribution >= 0.6 is 27.3 Å². The Morgan fingerprint density at radius 3 is 2.62 bits per heavy atom. The van der Waals surface area contributed by atoms with Crippen LogP contribution < -0.4 is 5.32 Å². The number of thiophene rings is 1. The van der Waals surface area contributed by atoms with Gasteiger partial charge in [-0.05, 0) is 80.4 Å². The van der Waals surface area contributed by atoms with Gasteiger partial charge in [-0.25, -0.2) is 0 Å². The van der Waals surface area contributed by atoms with Crippen molar-refractivity contribution in [1.29, 1.82) is 0 Å². The van der Waals surface area contributed by atoms with Crippen molar-refractivity contribution in [3.8, 4) is 0 Å². The summed E-state index contributed by atoms with van der Waals surface area (Å²) in [6.07, 6.45) is 6.48. The molecule has 1 N–H and O–H groups in total. The van der Waals surface area contributed by atoms with Gasteiger partial charge >= 0.3 is 0 Å². The van der Waals surface area contributed by atoms with Gasteiger partial charge in [-0.15, -0.1) is 11.3 Å². The minimum absolute atomic E-state index is 0.321. The van der Waals surface area contributed by atoms with Crippen LogP contribution in [0.4, 0.5) is 0 Å². The zero-order valence-electron chi connectivity index (χ0n) is 13.4. The molecule has 0 bridgehead atoms. The summed E-state index contributed by atoms with van der Waals surface area (Å²) in [5, 5.41) is 3.96. The SMILES string of the molecule is CC(C)(C)N1CCC(NC2CCCc3sc(Br)cc32)CC1. The first-order chi connectivity index (χ1) is 9.93. The lowest BCUT2D eigenvalue weighted by Gasteiger charge is -2.42. The molecule has 21 heavy (non-hydrogen) atoms. The third kappa shape index (κ3) is 3.72. The summed E-state index contributed by atoms with van der Waals surface area (Å²) in [5.74, 6) is 0. The highest BCUT2D eigenvalue weighted by Crippen LogP contribution is 2.38. The largest absolute Gasteiger partial charge is 0.307 e. The maximum Gasteiger partial charge on any atom is 0.0704 e. The molecule has 1 aromatic rings. The third-order valence-corrected chi connectivity index (χ3v) is 6.68. The molecule has 1 aliphatic carbocycles. The Hall–Kier alpha value is 0.100. The van der Waals surface area contributed by atoms with E-state index in [-0.39, 0.29) is 0 Å². The van der Waals surface area contributed by atoms with Crippen LogP contribution in [-0.2, 0) is 6.42 Å². The van der Waals surface area contributed by atoms with Gasteiger partial charge in [0.1, 0.15) is 0 Å². The molecule has 2 nitrogen and oxygen atoms in total. The Kier molecular flexibility index (Phi) is 4.80. The van der Waals surface area contributed by atoms with Gasteiger partial charge in [0.25, 0.3) is 0 Å². The Labute approximate surface area is 141 Å². The molecule has 1 atom stereocenters. The summed E-state index contributed by atoms with van der Waals surface area (Å²) < 4.78 is 1.30. The number of hydrogen-bond donors (Lipinski definition) is 1. The van der Waals surface area contributed by atoms with E-state index >= 15 is 0 Å². The van der Waals surface area contributed by atoms with Gasteiger partial charge in [0.2, 0.25) is 0 Å². The molecule has 1 fully saturated rings. The fraction of sp³-hybridized carbons (Fsp3) is 0.765. The number of nitrogens with zero attached hydrogens (tertiary/aromatic N) is 1. The molecule has 1 saturated heterocycles. The van der Waals surface area contributed by atoms with Crippen LogP contribution in [0.2, 0.25) is 0 Å². The molecule has 0 saturated carbocycles. The van der Waals surface area contributed by atoms with E-state index in [9.17, 15) is 0 Å². The van der Waals surface area contributed by atoms with E-state index in [1.807, 2.05) is 11.3 Å². The fourth-order valence-electron chi connectivity index (χ4n) is 3.70. The van der Waals surface area contributed by atoms with Crippen molar-refractivity contribution in [2.45, 2.75) is 70.5 Å². The van der Waals surface area contributed by atoms with E-state index in [0.29, 0.717) is 17.6 Å². The van der Waals surface area contributed by atoms with Crippen molar-refractivity contribution in [3.05, 3.63) is 20.3 Å². The van der Waals surface area contributed by atoms with Gasteiger partial charge in [-0.1, -0.05) is 0 Å². The third-order valence-electron chi connectivity index (χ3n) is 4.96. The minimum Gasteiger partial charge on any atom is -0.307 e. The molecule has 2 heterocycles. The topological polar surface area (TPSA) is 15.3 Å². The van der Waals surface area contributed by atoms with Crippen LogP contribution in [0.1, 0.15) is 62.9 Å². The molecular weight excluding hydrogens is 344 g/mol. The fourth-order valence-corrected chi connectivity index (χ4v) is 5.52. The number of piperidine rings is 1. The number of aryl methyl sites for hydroxylation is 1. The standard InChI is InChI=1S/C17H27BrN2S/c1-17(2,3)20-9-7-12(8-10-20)19-14-5-4-6-15-13(14)11-16(18)21-15/h11-12,14,19H,4-10H2,1-3H3. The zero-order chi connectivity index (χ0) is 15.0. The highest BCUT2D eigenvalue weighted by Gasteiger charge is 2.29. The van der Waals surface area contributed by atoms with Crippen LogP contribution in [0.3, 0.4) is 0 Å². The van der Waals surface area contributed by atoms with Gasteiger partial charge in [0, 0.05) is 35.6 Å². The Bertz CT molecular complexity index is 483. The summed E-state index contributed by atoms with van der Waals surface area (Å²) in [6, 6.07) is 3.63. The van der Waals surface area contributed by atoms with E-state index < -0.39 is 0 Å². The van der Waals surface area contributed by atoms with Crippen molar-refractivity contribution in [2.75, 3.05) is 13.1 Å². The quantitative estimate of drug-likeness (QED) is 0.808. The van der Waals surface area contributed by atoms with Crippen molar-refractivity contribution in [2.24, 2.45) is 0 Å². The van der Waals surface area contributed by atoms with Gasteiger partial charge in [0.15, 0.2) is 0 Å². The number of nitrogens with one attached hydrogen (secondary N) is 1. The average Bonchev–Trinajstić information content (AvgIpc) is 2.80. The lowest BCUT2D eigenvalue weighted by molar-refractivity contribution is 0.0931. The monoisotopic (exact) mass is 370 g/mol. The number of fused-ring (bicyclic) bond motifs is 1. The summed E-state index contributed by atoms with van der Waals surface area (Å²) in [5.41, 5.74) is 1.89. The first kappa shape index (κ1) is 16.0. The number of rotatable bonds is 2. The van der Waals surface area contributed by atoms with Crippen molar-refractivity contribution in [1.82, 2.24) is 10.2 Å². The molecule has 0 amide bonds. The number of likely N-dealkylation sites (tertiary alicyclic amines) is 1. The highest BCUT2D eigenvalue weighted by atomic mass is 79.9. The second kappa shape index (κ2) is 6.31. The molecule has 1 aliphatic heterocycles. The lowest BCUT2D eigenvalue weighted by atomic mass is 9.91. The second-order valence-electron chi connectivity index (χ2n) is 7.47. The molecule has 0 radical (unpaired) electrons. The smallest absolute Gasteiger partial charge is 0.0704 e. The molecule has 1 unspecified atom stereocenters. The highest BCUT2D eigenvalue weighted by molar-refractivity contribution is 9.11. The molecule has 0 spiro atoms. The Morgan fingerprint density at radius 2 is 1.95 bits per heavy atom. The molecule has 1 aromatic heterocycles. The van der Waals surface area contributed by atoms with Gasteiger partial charge < -0.3 is 5.32 Å². The summed E-state index contributed by atoms with van der Waals surface area (Å²) in [6.45, 7) is 9.45. The van der Waals surface area contributed by atoms with Gasteiger partial charge in [-0.2, -0.15) is 0 Å². The molecule has 118 valence electrons. The Morgan fingerprint density at radius 1 is 1.24 bits per heavy atom. The summed E-state index contributed by atoms with van der Waals surface area (Å²) in [4.78, 5) is 4.22. The average molecular weight is 371 g/mol. The van der Waals surface area contributed by atoms with Crippen molar-refractivity contribution in [3.63, 3.8) is 0 Å². The molecule has 2 aliphatic rings. The normalized spacial score (nSPS) is 25.0. The van der Waals surface area contributed by atoms with Crippen LogP contribution in [-0.4, -0.2) is 29.6 Å². The number of halogens is 1. The maximum atomic E-state index is 3.96. The van der Waals surface area contributed by atoms with E-state index in [1.165, 1.54) is 49.0 Å². The predicted octanol–water partition coefficient (Wildman–Crippen LogP) is 4.74. The van der Waals surface area contributed by atoms with Crippen LogP contribution in [0.5, 0.6) is 0 Å². The van der Waals surface area contributed by atoms with Crippen LogP contribution in [0.15, 0.2) is 9.85 Å². The maximum absolute atomic E-state index is 3.96. The first-order valence-corrected chi connectivity index (χ1v) is 9.83. The van der Waals surface area contributed by atoms with Gasteiger partial charge in [-0.3, -0.25) is 4.90 Å². The predicted molar refractivity (Wildman–Crippen MR) is 95.2 cm³/mol. The van der Waals surface area contributed by atoms with E-state index in [4.69, 9.17) is 0 Å². The van der Waals surface area contributed by atoms with E-state index in [2.05, 4.69) is 53.0 Å². The summed E-state index contributed by atoms with van der Waals surface area (Å²) >= 11 is 5.59.